The van der Waals surface area contributed by atoms with Gasteiger partial charge in [0.15, 0.2) is 5.78 Å². The van der Waals surface area contributed by atoms with E-state index in [1.165, 1.54) is 27.1 Å². The summed E-state index contributed by atoms with van der Waals surface area (Å²) in [6.07, 6.45) is 0.512. The van der Waals surface area contributed by atoms with Crippen molar-refractivity contribution in [3.63, 3.8) is 0 Å². The van der Waals surface area contributed by atoms with Gasteiger partial charge in [0, 0.05) is 11.3 Å². The SMILES string of the molecule is Cc1cc(C)c(CC(=O)c2ccc(C)s2)c(C)c1. The molecule has 0 spiro atoms. The minimum Gasteiger partial charge on any atom is -0.293 e. The molecule has 1 nitrogen and oxygen atoms in total. The topological polar surface area (TPSA) is 17.1 Å². The molecule has 2 heteroatoms. The van der Waals surface area contributed by atoms with Crippen LogP contribution in [0.5, 0.6) is 0 Å². The van der Waals surface area contributed by atoms with Gasteiger partial charge in [0.05, 0.1) is 4.88 Å². The van der Waals surface area contributed by atoms with E-state index in [9.17, 15) is 4.79 Å². The van der Waals surface area contributed by atoms with Crippen LogP contribution < -0.4 is 0 Å². The van der Waals surface area contributed by atoms with Crippen molar-refractivity contribution < 1.29 is 4.79 Å². The summed E-state index contributed by atoms with van der Waals surface area (Å²) >= 11 is 1.58. The van der Waals surface area contributed by atoms with E-state index < -0.39 is 0 Å². The Morgan fingerprint density at radius 2 is 1.67 bits per heavy atom. The average molecular weight is 258 g/mol. The van der Waals surface area contributed by atoms with Crippen molar-refractivity contribution >= 4 is 17.1 Å². The van der Waals surface area contributed by atoms with Gasteiger partial charge in [0.2, 0.25) is 0 Å². The van der Waals surface area contributed by atoms with Gasteiger partial charge in [-0.1, -0.05) is 17.7 Å². The molecule has 0 aliphatic heterocycles. The Bertz CT molecular complexity index is 570. The third-order valence-corrected chi connectivity index (χ3v) is 4.23. The lowest BCUT2D eigenvalue weighted by Gasteiger charge is -2.10. The summed E-state index contributed by atoms with van der Waals surface area (Å²) in [6, 6.07) is 8.23. The predicted octanol–water partition coefficient (Wildman–Crippen LogP) is 4.41. The zero-order valence-electron chi connectivity index (χ0n) is 11.3. The Morgan fingerprint density at radius 3 is 2.17 bits per heavy atom. The minimum atomic E-state index is 0.225. The second kappa shape index (κ2) is 5.07. The Morgan fingerprint density at radius 1 is 1.06 bits per heavy atom. The van der Waals surface area contributed by atoms with Crippen LogP contribution in [-0.4, -0.2) is 5.78 Å². The molecule has 1 aromatic carbocycles. The van der Waals surface area contributed by atoms with E-state index >= 15 is 0 Å². The fourth-order valence-electron chi connectivity index (χ4n) is 2.32. The molecule has 0 aliphatic carbocycles. The minimum absolute atomic E-state index is 0.225. The Hall–Kier alpha value is -1.41. The molecule has 0 atom stereocenters. The van der Waals surface area contributed by atoms with E-state index in [-0.39, 0.29) is 5.78 Å². The maximum atomic E-state index is 12.2. The zero-order chi connectivity index (χ0) is 13.3. The number of rotatable bonds is 3. The smallest absolute Gasteiger partial charge is 0.177 e. The van der Waals surface area contributed by atoms with Crippen LogP contribution in [0, 0.1) is 27.7 Å². The van der Waals surface area contributed by atoms with Gasteiger partial charge in [-0.25, -0.2) is 0 Å². The summed E-state index contributed by atoms with van der Waals surface area (Å²) in [5, 5.41) is 0. The molecule has 1 heterocycles. The van der Waals surface area contributed by atoms with Crippen LogP contribution in [0.2, 0.25) is 0 Å². The molecule has 0 fully saturated rings. The van der Waals surface area contributed by atoms with Gasteiger partial charge in [-0.2, -0.15) is 0 Å². The number of aryl methyl sites for hydroxylation is 4. The summed E-state index contributed by atoms with van der Waals surface area (Å²) < 4.78 is 0. The lowest BCUT2D eigenvalue weighted by Crippen LogP contribution is -2.05. The van der Waals surface area contributed by atoms with E-state index in [2.05, 4.69) is 32.9 Å². The van der Waals surface area contributed by atoms with Gasteiger partial charge < -0.3 is 0 Å². The highest BCUT2D eigenvalue weighted by Gasteiger charge is 2.12. The molecule has 0 aliphatic rings. The number of benzene rings is 1. The molecule has 0 N–H and O–H groups in total. The molecule has 18 heavy (non-hydrogen) atoms. The summed E-state index contributed by atoms with van der Waals surface area (Å²) in [5.41, 5.74) is 4.87. The molecular weight excluding hydrogens is 240 g/mol. The number of Topliss-reactive ketones (excluding diaryl/α,β-unsaturated/α-hetero) is 1. The second-order valence-electron chi connectivity index (χ2n) is 4.89. The van der Waals surface area contributed by atoms with Crippen molar-refractivity contribution in [1.29, 1.82) is 0 Å². The van der Waals surface area contributed by atoms with Gasteiger partial charge in [-0.05, 0) is 56.5 Å². The number of carbonyl (C=O) groups excluding carboxylic acids is 1. The second-order valence-corrected chi connectivity index (χ2v) is 6.18. The fourth-order valence-corrected chi connectivity index (χ4v) is 3.13. The number of hydrogen-bond acceptors (Lipinski definition) is 2. The number of thiophene rings is 1. The lowest BCUT2D eigenvalue weighted by molar-refractivity contribution is 0.0996. The van der Waals surface area contributed by atoms with Crippen LogP contribution in [0.4, 0.5) is 0 Å². The van der Waals surface area contributed by atoms with Crippen molar-refractivity contribution in [3.8, 4) is 0 Å². The first-order chi connectivity index (χ1) is 8.47. The van der Waals surface area contributed by atoms with Crippen LogP contribution in [0.1, 0.15) is 36.8 Å². The number of carbonyl (C=O) groups is 1. The zero-order valence-corrected chi connectivity index (χ0v) is 12.1. The predicted molar refractivity (Wildman–Crippen MR) is 77.7 cm³/mol. The van der Waals surface area contributed by atoms with Gasteiger partial charge in [-0.3, -0.25) is 4.79 Å². The van der Waals surface area contributed by atoms with Gasteiger partial charge in [0.25, 0.3) is 0 Å². The summed E-state index contributed by atoms with van der Waals surface area (Å²) in [7, 11) is 0. The average Bonchev–Trinajstić information content (AvgIpc) is 2.70. The summed E-state index contributed by atoms with van der Waals surface area (Å²) in [5.74, 6) is 0.225. The van der Waals surface area contributed by atoms with Crippen LogP contribution in [-0.2, 0) is 6.42 Å². The van der Waals surface area contributed by atoms with E-state index in [1.807, 2.05) is 19.1 Å². The van der Waals surface area contributed by atoms with E-state index in [0.29, 0.717) is 6.42 Å². The van der Waals surface area contributed by atoms with Crippen molar-refractivity contribution in [2.45, 2.75) is 34.1 Å². The van der Waals surface area contributed by atoms with E-state index in [0.717, 1.165) is 4.88 Å². The third-order valence-electron chi connectivity index (χ3n) is 3.19. The van der Waals surface area contributed by atoms with Crippen molar-refractivity contribution in [1.82, 2.24) is 0 Å². The molecule has 2 rings (SSSR count). The Balaban J connectivity index is 2.27. The first-order valence-electron chi connectivity index (χ1n) is 6.13. The normalized spacial score (nSPS) is 10.7. The Kier molecular flexibility index (Phi) is 3.67. The van der Waals surface area contributed by atoms with Crippen LogP contribution in [0.3, 0.4) is 0 Å². The van der Waals surface area contributed by atoms with E-state index in [1.54, 1.807) is 11.3 Å². The lowest BCUT2D eigenvalue weighted by atomic mass is 9.95. The largest absolute Gasteiger partial charge is 0.293 e. The maximum Gasteiger partial charge on any atom is 0.177 e. The number of hydrogen-bond donors (Lipinski definition) is 0. The third kappa shape index (κ3) is 2.70. The van der Waals surface area contributed by atoms with Crippen molar-refractivity contribution in [2.75, 3.05) is 0 Å². The molecule has 0 radical (unpaired) electrons. The Labute approximate surface area is 112 Å². The van der Waals surface area contributed by atoms with Gasteiger partial charge in [-0.15, -0.1) is 11.3 Å². The fraction of sp³-hybridized carbons (Fsp3) is 0.312. The first kappa shape index (κ1) is 13.0. The standard InChI is InChI=1S/C16H18OS/c1-10-7-11(2)14(12(3)8-10)9-15(17)16-6-5-13(4)18-16/h5-8H,9H2,1-4H3. The highest BCUT2D eigenvalue weighted by atomic mass is 32.1. The van der Waals surface area contributed by atoms with Gasteiger partial charge >= 0.3 is 0 Å². The molecule has 94 valence electrons. The maximum absolute atomic E-state index is 12.2. The molecule has 1 aromatic heterocycles. The number of ketones is 1. The summed E-state index contributed by atoms with van der Waals surface area (Å²) in [6.45, 7) is 8.29. The monoisotopic (exact) mass is 258 g/mol. The highest BCUT2D eigenvalue weighted by molar-refractivity contribution is 7.14. The van der Waals surface area contributed by atoms with Crippen molar-refractivity contribution in [3.05, 3.63) is 56.3 Å². The quantitative estimate of drug-likeness (QED) is 0.745. The molecule has 0 unspecified atom stereocenters. The molecule has 0 saturated heterocycles. The highest BCUT2D eigenvalue weighted by Crippen LogP contribution is 2.21. The van der Waals surface area contributed by atoms with Crippen LogP contribution >= 0.6 is 11.3 Å². The van der Waals surface area contributed by atoms with Crippen LogP contribution in [0.25, 0.3) is 0 Å². The molecule has 2 aromatic rings. The molecule has 0 saturated carbocycles. The van der Waals surface area contributed by atoms with Crippen LogP contribution in [0.15, 0.2) is 24.3 Å². The molecule has 0 bridgehead atoms. The van der Waals surface area contributed by atoms with E-state index in [4.69, 9.17) is 0 Å². The van der Waals surface area contributed by atoms with Crippen molar-refractivity contribution in [2.24, 2.45) is 0 Å². The molecular formula is C16H18OS. The first-order valence-corrected chi connectivity index (χ1v) is 6.95. The summed E-state index contributed by atoms with van der Waals surface area (Å²) in [4.78, 5) is 14.3. The van der Waals surface area contributed by atoms with Gasteiger partial charge in [0.1, 0.15) is 0 Å². The molecule has 0 amide bonds.